The lowest BCUT2D eigenvalue weighted by molar-refractivity contribution is -0.136. The van der Waals surface area contributed by atoms with Crippen molar-refractivity contribution in [3.05, 3.63) is 29.8 Å². The van der Waals surface area contributed by atoms with E-state index in [2.05, 4.69) is 0 Å². The minimum Gasteiger partial charge on any atom is -0.335 e. The summed E-state index contributed by atoms with van der Waals surface area (Å²) < 4.78 is 0. The van der Waals surface area contributed by atoms with Crippen LogP contribution < -0.4 is 4.90 Å². The average Bonchev–Trinajstić information content (AvgIpc) is 2.34. The third kappa shape index (κ3) is 2.81. The maximum absolute atomic E-state index is 12.0. The zero-order valence-corrected chi connectivity index (χ0v) is 11.0. The Morgan fingerprint density at radius 3 is 2.53 bits per heavy atom. The van der Waals surface area contributed by atoms with Crippen molar-refractivity contribution in [1.29, 1.82) is 0 Å². The second-order valence-corrected chi connectivity index (χ2v) is 4.74. The topological polar surface area (TPSA) is 57.7 Å². The maximum Gasteiger partial charge on any atom is 0.247 e. The van der Waals surface area contributed by atoms with E-state index in [9.17, 15) is 14.4 Å². The van der Waals surface area contributed by atoms with E-state index in [1.54, 1.807) is 19.2 Å². The molecule has 1 aliphatic rings. The smallest absolute Gasteiger partial charge is 0.247 e. The Balaban J connectivity index is 2.33. The molecule has 1 fully saturated rings. The Hall–Kier alpha value is -2.17. The van der Waals surface area contributed by atoms with E-state index in [0.29, 0.717) is 5.69 Å². The summed E-state index contributed by atoms with van der Waals surface area (Å²) in [7, 11) is 1.61. The number of benzene rings is 1. The number of para-hydroxylation sites is 1. The van der Waals surface area contributed by atoms with Gasteiger partial charge in [0.2, 0.25) is 11.8 Å². The standard InChI is InChI=1S/C14H16N2O3/c1-10(17)7-11-5-3-4-6-12(11)16-9-13(18)15(2)8-14(16)19/h3-6H,7-9H2,1-2H3. The van der Waals surface area contributed by atoms with Crippen molar-refractivity contribution in [3.8, 4) is 0 Å². The fourth-order valence-corrected chi connectivity index (χ4v) is 2.13. The number of likely N-dealkylation sites (N-methyl/N-ethyl adjacent to an activating group) is 1. The molecule has 19 heavy (non-hydrogen) atoms. The predicted octanol–water partition coefficient (Wildman–Crippen LogP) is 0.623. The molecule has 0 saturated carbocycles. The van der Waals surface area contributed by atoms with Crippen molar-refractivity contribution in [2.75, 3.05) is 25.0 Å². The van der Waals surface area contributed by atoms with Crippen molar-refractivity contribution in [3.63, 3.8) is 0 Å². The normalized spacial score (nSPS) is 15.9. The Kier molecular flexibility index (Phi) is 3.64. The first-order chi connectivity index (χ1) is 8.99. The third-order valence-corrected chi connectivity index (χ3v) is 3.11. The van der Waals surface area contributed by atoms with Crippen LogP contribution in [0.1, 0.15) is 12.5 Å². The van der Waals surface area contributed by atoms with Crippen molar-refractivity contribution in [2.24, 2.45) is 0 Å². The van der Waals surface area contributed by atoms with Gasteiger partial charge in [-0.05, 0) is 18.6 Å². The van der Waals surface area contributed by atoms with Gasteiger partial charge in [-0.2, -0.15) is 0 Å². The predicted molar refractivity (Wildman–Crippen MR) is 70.8 cm³/mol. The zero-order valence-electron chi connectivity index (χ0n) is 11.0. The summed E-state index contributed by atoms with van der Waals surface area (Å²) in [6, 6.07) is 7.21. The molecule has 100 valence electrons. The molecule has 1 aromatic rings. The van der Waals surface area contributed by atoms with E-state index < -0.39 is 0 Å². The molecule has 0 spiro atoms. The van der Waals surface area contributed by atoms with E-state index in [4.69, 9.17) is 0 Å². The molecule has 0 unspecified atom stereocenters. The second kappa shape index (κ2) is 5.22. The number of ketones is 1. The van der Waals surface area contributed by atoms with Crippen molar-refractivity contribution >= 4 is 23.3 Å². The fraction of sp³-hybridized carbons (Fsp3) is 0.357. The molecular weight excluding hydrogens is 244 g/mol. The highest BCUT2D eigenvalue weighted by atomic mass is 16.2. The summed E-state index contributed by atoms with van der Waals surface area (Å²) in [5, 5.41) is 0. The van der Waals surface area contributed by atoms with Crippen LogP contribution in [0.5, 0.6) is 0 Å². The lowest BCUT2D eigenvalue weighted by Crippen LogP contribution is -2.52. The van der Waals surface area contributed by atoms with E-state index in [1.165, 1.54) is 16.7 Å². The molecule has 0 aliphatic carbocycles. The Morgan fingerprint density at radius 1 is 1.16 bits per heavy atom. The number of nitrogens with zero attached hydrogens (tertiary/aromatic N) is 2. The van der Waals surface area contributed by atoms with E-state index in [-0.39, 0.29) is 37.1 Å². The number of carbonyl (C=O) groups is 3. The molecule has 5 nitrogen and oxygen atoms in total. The van der Waals surface area contributed by atoms with Crippen molar-refractivity contribution in [2.45, 2.75) is 13.3 Å². The minimum absolute atomic E-state index is 0.0281. The number of piperazine rings is 1. The van der Waals surface area contributed by atoms with Crippen LogP contribution in [0.2, 0.25) is 0 Å². The number of hydrogen-bond acceptors (Lipinski definition) is 3. The molecule has 2 amide bonds. The summed E-state index contributed by atoms with van der Waals surface area (Å²) in [6.45, 7) is 1.62. The molecule has 0 radical (unpaired) electrons. The van der Waals surface area contributed by atoms with Crippen molar-refractivity contribution < 1.29 is 14.4 Å². The van der Waals surface area contributed by atoms with Gasteiger partial charge in [0.15, 0.2) is 0 Å². The highest BCUT2D eigenvalue weighted by molar-refractivity contribution is 6.05. The van der Waals surface area contributed by atoms with Gasteiger partial charge in [0.25, 0.3) is 0 Å². The monoisotopic (exact) mass is 260 g/mol. The van der Waals surface area contributed by atoms with Gasteiger partial charge in [-0.1, -0.05) is 18.2 Å². The number of carbonyl (C=O) groups excluding carboxylic acids is 3. The van der Waals surface area contributed by atoms with Crippen LogP contribution in [0.3, 0.4) is 0 Å². The Bertz CT molecular complexity index is 539. The highest BCUT2D eigenvalue weighted by Gasteiger charge is 2.29. The Labute approximate surface area is 111 Å². The largest absolute Gasteiger partial charge is 0.335 e. The molecule has 1 aromatic carbocycles. The number of Topliss-reactive ketones (excluding diaryl/α,β-unsaturated/α-hetero) is 1. The second-order valence-electron chi connectivity index (χ2n) is 4.74. The van der Waals surface area contributed by atoms with Crippen LogP contribution in [-0.4, -0.2) is 42.6 Å². The molecule has 0 N–H and O–H groups in total. The van der Waals surface area contributed by atoms with Crippen LogP contribution in [0, 0.1) is 0 Å². The highest BCUT2D eigenvalue weighted by Crippen LogP contribution is 2.23. The SMILES string of the molecule is CC(=O)Cc1ccccc1N1CC(=O)N(C)CC1=O. The third-order valence-electron chi connectivity index (χ3n) is 3.11. The molecule has 0 aromatic heterocycles. The van der Waals surface area contributed by atoms with Crippen molar-refractivity contribution in [1.82, 2.24) is 4.90 Å². The fourth-order valence-electron chi connectivity index (χ4n) is 2.13. The molecule has 1 heterocycles. The first-order valence-corrected chi connectivity index (χ1v) is 6.10. The lowest BCUT2D eigenvalue weighted by Gasteiger charge is -2.32. The van der Waals surface area contributed by atoms with Crippen LogP contribution in [0.25, 0.3) is 0 Å². The quantitative estimate of drug-likeness (QED) is 0.800. The molecule has 1 saturated heterocycles. The number of anilines is 1. The average molecular weight is 260 g/mol. The van der Waals surface area contributed by atoms with Crippen LogP contribution in [-0.2, 0) is 20.8 Å². The van der Waals surface area contributed by atoms with Gasteiger partial charge in [0.05, 0.1) is 6.54 Å². The summed E-state index contributed by atoms with van der Waals surface area (Å²) in [5.74, 6) is -0.198. The van der Waals surface area contributed by atoms with Gasteiger partial charge in [-0.25, -0.2) is 0 Å². The van der Waals surface area contributed by atoms with Gasteiger partial charge in [-0.3, -0.25) is 14.4 Å². The van der Waals surface area contributed by atoms with Crippen LogP contribution >= 0.6 is 0 Å². The van der Waals surface area contributed by atoms with Crippen LogP contribution in [0.4, 0.5) is 5.69 Å². The molecule has 5 heteroatoms. The number of hydrogen-bond donors (Lipinski definition) is 0. The minimum atomic E-state index is -0.127. The van der Waals surface area contributed by atoms with E-state index in [1.807, 2.05) is 12.1 Å². The first kappa shape index (κ1) is 13.3. The molecule has 2 rings (SSSR count). The van der Waals surface area contributed by atoms with Gasteiger partial charge < -0.3 is 9.80 Å². The number of rotatable bonds is 3. The van der Waals surface area contributed by atoms with Gasteiger partial charge in [-0.15, -0.1) is 0 Å². The van der Waals surface area contributed by atoms with Gasteiger partial charge in [0, 0.05) is 19.2 Å². The summed E-state index contributed by atoms with van der Waals surface area (Å²) >= 11 is 0. The molecule has 0 atom stereocenters. The van der Waals surface area contributed by atoms with Crippen LogP contribution in [0.15, 0.2) is 24.3 Å². The van der Waals surface area contributed by atoms with E-state index in [0.717, 1.165) is 5.56 Å². The first-order valence-electron chi connectivity index (χ1n) is 6.10. The van der Waals surface area contributed by atoms with E-state index >= 15 is 0 Å². The maximum atomic E-state index is 12.0. The molecule has 0 bridgehead atoms. The molecule has 1 aliphatic heterocycles. The van der Waals surface area contributed by atoms with Gasteiger partial charge in [0.1, 0.15) is 12.3 Å². The molecular formula is C14H16N2O3. The lowest BCUT2D eigenvalue weighted by atomic mass is 10.1. The number of amides is 2. The Morgan fingerprint density at radius 2 is 1.84 bits per heavy atom. The summed E-state index contributed by atoms with van der Waals surface area (Å²) in [4.78, 5) is 37.9. The van der Waals surface area contributed by atoms with Gasteiger partial charge >= 0.3 is 0 Å². The zero-order chi connectivity index (χ0) is 14.0. The summed E-state index contributed by atoms with van der Waals surface area (Å²) in [5.41, 5.74) is 1.44. The summed E-state index contributed by atoms with van der Waals surface area (Å²) in [6.07, 6.45) is 0.268.